The number of hydrogen-bond donors (Lipinski definition) is 1. The van der Waals surface area contributed by atoms with Crippen LogP contribution in [0, 0.1) is 19.8 Å². The number of rotatable bonds is 12. The Morgan fingerprint density at radius 2 is 1.83 bits per heavy atom. The maximum Gasteiger partial charge on any atom is 0.240 e. The van der Waals surface area contributed by atoms with Gasteiger partial charge in [-0.25, -0.2) is 23.4 Å². The summed E-state index contributed by atoms with van der Waals surface area (Å²) in [6, 6.07) is 4.95. The lowest BCUT2D eigenvalue weighted by Gasteiger charge is -2.26. The third-order valence-corrected chi connectivity index (χ3v) is 8.63. The Labute approximate surface area is 238 Å². The summed E-state index contributed by atoms with van der Waals surface area (Å²) in [4.78, 5) is 13.3. The SMILES string of the molecule is COc1cccc(-c2nnc(NS(=O)(=O)C(C)C(OC(C)C)c3ncc(C)cn3)n2C(c2conc2C)C2CC2)n1. The topological polar surface area (TPSA) is 160 Å². The number of hydrogen-bond acceptors (Lipinski definition) is 11. The molecule has 3 atom stereocenters. The van der Waals surface area contributed by atoms with Crippen LogP contribution in [-0.2, 0) is 14.8 Å². The molecule has 0 aromatic carbocycles. The molecular weight excluding hydrogens is 548 g/mol. The Bertz CT molecular complexity index is 1600. The minimum absolute atomic E-state index is 0.0436. The largest absolute Gasteiger partial charge is 0.481 e. The monoisotopic (exact) mass is 582 g/mol. The lowest BCUT2D eigenvalue weighted by molar-refractivity contribution is 0.00152. The van der Waals surface area contributed by atoms with Gasteiger partial charge in [-0.3, -0.25) is 9.29 Å². The van der Waals surface area contributed by atoms with Gasteiger partial charge in [0.1, 0.15) is 23.3 Å². The fraction of sp³-hybridized carbons (Fsp3) is 0.481. The van der Waals surface area contributed by atoms with Crippen LogP contribution in [0.15, 0.2) is 41.4 Å². The summed E-state index contributed by atoms with van der Waals surface area (Å²) in [5.41, 5.74) is 2.85. The minimum atomic E-state index is -4.10. The van der Waals surface area contributed by atoms with Crippen molar-refractivity contribution in [1.29, 1.82) is 0 Å². The van der Waals surface area contributed by atoms with Gasteiger partial charge in [0.05, 0.1) is 24.9 Å². The van der Waals surface area contributed by atoms with Gasteiger partial charge in [0, 0.05) is 24.0 Å². The van der Waals surface area contributed by atoms with Gasteiger partial charge in [-0.1, -0.05) is 11.2 Å². The highest BCUT2D eigenvalue weighted by Gasteiger charge is 2.41. The lowest BCUT2D eigenvalue weighted by Crippen LogP contribution is -2.35. The molecule has 14 heteroatoms. The molecule has 0 amide bonds. The van der Waals surface area contributed by atoms with Crippen molar-refractivity contribution in [3.05, 3.63) is 59.5 Å². The fourth-order valence-corrected chi connectivity index (χ4v) is 5.75. The van der Waals surface area contributed by atoms with E-state index >= 15 is 0 Å². The van der Waals surface area contributed by atoms with Gasteiger partial charge >= 0.3 is 0 Å². The summed E-state index contributed by atoms with van der Waals surface area (Å²) >= 11 is 0. The molecule has 0 bridgehead atoms. The minimum Gasteiger partial charge on any atom is -0.481 e. The molecule has 41 heavy (non-hydrogen) atoms. The Morgan fingerprint density at radius 3 is 2.44 bits per heavy atom. The van der Waals surface area contributed by atoms with Gasteiger partial charge in [-0.2, -0.15) is 0 Å². The molecule has 218 valence electrons. The quantitative estimate of drug-likeness (QED) is 0.257. The summed E-state index contributed by atoms with van der Waals surface area (Å²) in [6.07, 6.45) is 5.54. The first kappa shape index (κ1) is 28.6. The van der Waals surface area contributed by atoms with E-state index < -0.39 is 21.4 Å². The first-order valence-corrected chi connectivity index (χ1v) is 15.0. The number of aromatic nitrogens is 7. The Morgan fingerprint density at radius 1 is 1.10 bits per heavy atom. The van der Waals surface area contributed by atoms with Gasteiger partial charge in [-0.15, -0.1) is 10.2 Å². The zero-order chi connectivity index (χ0) is 29.3. The van der Waals surface area contributed by atoms with E-state index in [1.807, 2.05) is 27.7 Å². The van der Waals surface area contributed by atoms with Crippen LogP contribution in [0.4, 0.5) is 5.95 Å². The van der Waals surface area contributed by atoms with E-state index in [9.17, 15) is 8.42 Å². The third-order valence-electron chi connectivity index (χ3n) is 6.93. The molecule has 1 fully saturated rings. The highest BCUT2D eigenvalue weighted by molar-refractivity contribution is 7.93. The normalized spacial score (nSPS) is 16.0. The molecule has 1 aliphatic carbocycles. The molecule has 4 aromatic heterocycles. The third kappa shape index (κ3) is 6.07. The predicted octanol–water partition coefficient (Wildman–Crippen LogP) is 4.04. The summed E-state index contributed by atoms with van der Waals surface area (Å²) in [5.74, 6) is 1.29. The van der Waals surface area contributed by atoms with Gasteiger partial charge in [-0.05, 0) is 65.0 Å². The standard InChI is InChI=1S/C27H34N8O5S/c1-15(2)40-24(25-28-12-16(3)13-29-25)18(5)41(36,37)34-27-32-31-26(21-8-7-9-22(30-21)38-6)35(27)23(19-10-11-19)20-14-39-33-17(20)4/h7-9,12-15,18-19,23-24H,10-11H2,1-6H3,(H,32,34). The van der Waals surface area contributed by atoms with E-state index in [1.54, 1.807) is 48.3 Å². The van der Waals surface area contributed by atoms with Crippen molar-refractivity contribution < 1.29 is 22.4 Å². The van der Waals surface area contributed by atoms with Crippen molar-refractivity contribution in [2.75, 3.05) is 11.8 Å². The summed E-state index contributed by atoms with van der Waals surface area (Å²) < 4.78 is 49.0. The Kier molecular flexibility index (Phi) is 8.04. The maximum atomic E-state index is 13.9. The van der Waals surface area contributed by atoms with Crippen LogP contribution in [0.25, 0.3) is 11.5 Å². The first-order chi connectivity index (χ1) is 19.6. The molecule has 1 N–H and O–H groups in total. The number of nitrogens with one attached hydrogen (secondary N) is 1. The second kappa shape index (κ2) is 11.5. The summed E-state index contributed by atoms with van der Waals surface area (Å²) in [7, 11) is -2.57. The molecule has 3 unspecified atom stereocenters. The smallest absolute Gasteiger partial charge is 0.240 e. The van der Waals surface area contributed by atoms with Crippen molar-refractivity contribution in [3.8, 4) is 17.4 Å². The molecule has 0 saturated heterocycles. The van der Waals surface area contributed by atoms with Crippen molar-refractivity contribution >= 4 is 16.0 Å². The number of aryl methyl sites for hydroxylation is 2. The van der Waals surface area contributed by atoms with Gasteiger partial charge in [0.15, 0.2) is 11.6 Å². The molecule has 0 spiro atoms. The Hall–Kier alpha value is -3.91. The Balaban J connectivity index is 1.58. The van der Waals surface area contributed by atoms with Crippen LogP contribution >= 0.6 is 0 Å². The average molecular weight is 583 g/mol. The highest BCUT2D eigenvalue weighted by Crippen LogP contribution is 2.47. The van der Waals surface area contributed by atoms with Crippen molar-refractivity contribution in [1.82, 2.24) is 34.9 Å². The van der Waals surface area contributed by atoms with Crippen LogP contribution in [0.2, 0.25) is 0 Å². The fourth-order valence-electron chi connectivity index (χ4n) is 4.66. The van der Waals surface area contributed by atoms with Crippen LogP contribution < -0.4 is 9.46 Å². The molecule has 1 saturated carbocycles. The van der Waals surface area contributed by atoms with Crippen LogP contribution in [-0.4, -0.2) is 61.8 Å². The van der Waals surface area contributed by atoms with Gasteiger partial charge in [0.2, 0.25) is 21.9 Å². The molecule has 0 radical (unpaired) electrons. The van der Waals surface area contributed by atoms with Crippen LogP contribution in [0.1, 0.15) is 68.4 Å². The lowest BCUT2D eigenvalue weighted by atomic mass is 10.0. The molecular formula is C27H34N8O5S. The van der Waals surface area contributed by atoms with E-state index in [-0.39, 0.29) is 29.8 Å². The predicted molar refractivity (Wildman–Crippen MR) is 150 cm³/mol. The van der Waals surface area contributed by atoms with Gasteiger partial charge in [0.25, 0.3) is 0 Å². The molecule has 4 aromatic rings. The zero-order valence-electron chi connectivity index (χ0n) is 23.8. The van der Waals surface area contributed by atoms with Crippen LogP contribution in [0.3, 0.4) is 0 Å². The number of anilines is 1. The molecule has 5 rings (SSSR count). The number of methoxy groups -OCH3 is 1. The number of ether oxygens (including phenoxy) is 2. The average Bonchev–Trinajstić information content (AvgIpc) is 3.58. The number of nitrogens with zero attached hydrogens (tertiary/aromatic N) is 7. The second-order valence-electron chi connectivity index (χ2n) is 10.5. The maximum absolute atomic E-state index is 13.9. The van der Waals surface area contributed by atoms with E-state index in [0.29, 0.717) is 23.1 Å². The number of sulfonamides is 1. The van der Waals surface area contributed by atoms with Crippen LogP contribution in [0.5, 0.6) is 5.88 Å². The molecule has 1 aliphatic rings. The second-order valence-corrected chi connectivity index (χ2v) is 12.5. The summed E-state index contributed by atoms with van der Waals surface area (Å²) in [5, 5.41) is 11.7. The van der Waals surface area contributed by atoms with E-state index in [1.165, 1.54) is 7.11 Å². The first-order valence-electron chi connectivity index (χ1n) is 13.4. The van der Waals surface area contributed by atoms with Crippen molar-refractivity contribution in [3.63, 3.8) is 0 Å². The molecule has 0 aliphatic heterocycles. The van der Waals surface area contributed by atoms with E-state index in [4.69, 9.17) is 14.0 Å². The molecule has 4 heterocycles. The number of pyridine rings is 1. The zero-order valence-corrected chi connectivity index (χ0v) is 24.7. The van der Waals surface area contributed by atoms with E-state index in [0.717, 1.165) is 24.0 Å². The van der Waals surface area contributed by atoms with Crippen molar-refractivity contribution in [2.24, 2.45) is 5.92 Å². The van der Waals surface area contributed by atoms with Gasteiger partial charge < -0.3 is 14.0 Å². The van der Waals surface area contributed by atoms with E-state index in [2.05, 4.69) is 35.0 Å². The highest BCUT2D eigenvalue weighted by atomic mass is 32.2. The summed E-state index contributed by atoms with van der Waals surface area (Å²) in [6.45, 7) is 8.94. The molecule has 13 nitrogen and oxygen atoms in total. The van der Waals surface area contributed by atoms with Crippen molar-refractivity contribution in [2.45, 2.75) is 71.0 Å².